The summed E-state index contributed by atoms with van der Waals surface area (Å²) in [5.41, 5.74) is 1.08. The number of urea groups is 1. The van der Waals surface area contributed by atoms with Crippen LogP contribution >= 0.6 is 0 Å². The minimum atomic E-state index is -0.867. The predicted octanol–water partition coefficient (Wildman–Crippen LogP) is 2.01. The highest BCUT2D eigenvalue weighted by atomic mass is 19.2. The molecule has 1 aromatic heterocycles. The maximum absolute atomic E-state index is 13.4. The monoisotopic (exact) mass is 436 g/mol. The lowest BCUT2D eigenvalue weighted by atomic mass is 10.1. The quantitative estimate of drug-likeness (QED) is 0.589. The number of carbonyl (C=O) groups is 2. The van der Waals surface area contributed by atoms with Crippen molar-refractivity contribution < 1.29 is 27.5 Å². The first-order chi connectivity index (χ1) is 14.9. The van der Waals surface area contributed by atoms with Gasteiger partial charge in [-0.1, -0.05) is 6.07 Å². The number of hydrogen-bond donors (Lipinski definition) is 3. The van der Waals surface area contributed by atoms with E-state index in [2.05, 4.69) is 20.9 Å². The van der Waals surface area contributed by atoms with Gasteiger partial charge in [-0.2, -0.15) is 0 Å². The molecule has 10 heteroatoms. The van der Waals surface area contributed by atoms with Gasteiger partial charge >= 0.3 is 6.03 Å². The molecule has 1 atom stereocenters. The van der Waals surface area contributed by atoms with Gasteiger partial charge in [0, 0.05) is 32.7 Å². The van der Waals surface area contributed by atoms with Crippen molar-refractivity contribution in [2.24, 2.45) is 0 Å². The molecule has 0 saturated carbocycles. The Morgan fingerprint density at radius 1 is 1.16 bits per heavy atom. The van der Waals surface area contributed by atoms with Crippen LogP contribution in [0.1, 0.15) is 28.6 Å². The second-order valence-corrected chi connectivity index (χ2v) is 7.20. The second-order valence-electron chi connectivity index (χ2n) is 7.20. The van der Waals surface area contributed by atoms with Crippen LogP contribution < -0.4 is 16.0 Å². The molecular formula is C21H26F2N4O4. The van der Waals surface area contributed by atoms with Gasteiger partial charge in [0.15, 0.2) is 11.6 Å². The summed E-state index contributed by atoms with van der Waals surface area (Å²) in [7, 11) is 0. The number of furan rings is 1. The Balaban J connectivity index is 1.39. The summed E-state index contributed by atoms with van der Waals surface area (Å²) in [5.74, 6) is -1.50. The SMILES string of the molecule is CCNC(=O)c1coc(CNC(=O)NC[C@H]2CN(Cc3ccc(F)c(F)c3)CCO2)c1. The fraction of sp³-hybridized carbons (Fsp3) is 0.429. The van der Waals surface area contributed by atoms with E-state index < -0.39 is 17.7 Å². The summed E-state index contributed by atoms with van der Waals surface area (Å²) in [5, 5.41) is 8.07. The molecule has 3 amide bonds. The van der Waals surface area contributed by atoms with Crippen molar-refractivity contribution >= 4 is 11.9 Å². The summed E-state index contributed by atoms with van der Waals surface area (Å²) in [6.45, 7) is 4.93. The number of hydrogen-bond acceptors (Lipinski definition) is 5. The molecule has 0 aliphatic carbocycles. The first-order valence-electron chi connectivity index (χ1n) is 10.1. The van der Waals surface area contributed by atoms with Crippen LogP contribution in [0.4, 0.5) is 13.6 Å². The lowest BCUT2D eigenvalue weighted by molar-refractivity contribution is -0.0287. The van der Waals surface area contributed by atoms with Gasteiger partial charge in [0.25, 0.3) is 5.91 Å². The Hall–Kier alpha value is -2.98. The largest absolute Gasteiger partial charge is 0.467 e. The molecule has 2 heterocycles. The minimum absolute atomic E-state index is 0.138. The normalized spacial score (nSPS) is 16.7. The molecule has 31 heavy (non-hydrogen) atoms. The van der Waals surface area contributed by atoms with Crippen molar-refractivity contribution in [3.8, 4) is 0 Å². The molecule has 0 radical (unpaired) electrons. The van der Waals surface area contributed by atoms with Crippen molar-refractivity contribution in [2.75, 3.05) is 32.8 Å². The van der Waals surface area contributed by atoms with Crippen molar-refractivity contribution in [2.45, 2.75) is 26.1 Å². The molecule has 0 spiro atoms. The molecule has 3 N–H and O–H groups in total. The van der Waals surface area contributed by atoms with Gasteiger partial charge in [-0.15, -0.1) is 0 Å². The van der Waals surface area contributed by atoms with Crippen LogP contribution in [-0.4, -0.2) is 55.7 Å². The first kappa shape index (κ1) is 22.7. The Morgan fingerprint density at radius 2 is 2.00 bits per heavy atom. The van der Waals surface area contributed by atoms with E-state index in [1.165, 1.54) is 12.3 Å². The van der Waals surface area contributed by atoms with E-state index in [1.54, 1.807) is 12.1 Å². The van der Waals surface area contributed by atoms with Gasteiger partial charge in [0.05, 0.1) is 24.8 Å². The molecular weight excluding hydrogens is 410 g/mol. The van der Waals surface area contributed by atoms with Crippen LogP contribution in [0.5, 0.6) is 0 Å². The maximum Gasteiger partial charge on any atom is 0.315 e. The van der Waals surface area contributed by atoms with Gasteiger partial charge in [0.2, 0.25) is 0 Å². The molecule has 168 valence electrons. The van der Waals surface area contributed by atoms with Crippen molar-refractivity contribution in [1.29, 1.82) is 0 Å². The standard InChI is InChI=1S/C21H26F2N4O4/c1-2-24-20(28)15-8-16(31-13-15)9-25-21(29)26-10-17-12-27(5-6-30-17)11-14-3-4-18(22)19(23)7-14/h3-4,7-8,13,17H,2,5-6,9-12H2,1H3,(H,24,28)(H2,25,26,29)/t17-/m0/s1. The molecule has 8 nitrogen and oxygen atoms in total. The van der Waals surface area contributed by atoms with E-state index in [0.29, 0.717) is 56.2 Å². The fourth-order valence-electron chi connectivity index (χ4n) is 3.24. The van der Waals surface area contributed by atoms with E-state index in [1.807, 2.05) is 6.92 Å². The molecule has 0 unspecified atom stereocenters. The summed E-state index contributed by atoms with van der Waals surface area (Å²) in [6.07, 6.45) is 1.12. The average molecular weight is 436 g/mol. The van der Waals surface area contributed by atoms with Crippen LogP contribution in [0.25, 0.3) is 0 Å². The van der Waals surface area contributed by atoms with Crippen molar-refractivity contribution in [1.82, 2.24) is 20.9 Å². The van der Waals surface area contributed by atoms with E-state index in [0.717, 1.165) is 6.07 Å². The Bertz CT molecular complexity index is 905. The predicted molar refractivity (Wildman–Crippen MR) is 108 cm³/mol. The summed E-state index contributed by atoms with van der Waals surface area (Å²) >= 11 is 0. The number of benzene rings is 1. The zero-order valence-electron chi connectivity index (χ0n) is 17.2. The number of morpholine rings is 1. The lowest BCUT2D eigenvalue weighted by Crippen LogP contribution is -2.48. The van der Waals surface area contributed by atoms with E-state index in [4.69, 9.17) is 9.15 Å². The molecule has 3 rings (SSSR count). The highest BCUT2D eigenvalue weighted by Crippen LogP contribution is 2.13. The van der Waals surface area contributed by atoms with Crippen LogP contribution in [0.2, 0.25) is 0 Å². The van der Waals surface area contributed by atoms with Gasteiger partial charge < -0.3 is 25.1 Å². The molecule has 0 bridgehead atoms. The van der Waals surface area contributed by atoms with Gasteiger partial charge in [0.1, 0.15) is 12.0 Å². The first-order valence-corrected chi connectivity index (χ1v) is 10.1. The third kappa shape index (κ3) is 6.76. The van der Waals surface area contributed by atoms with Gasteiger partial charge in [-0.25, -0.2) is 13.6 Å². The van der Waals surface area contributed by atoms with Crippen LogP contribution in [0.3, 0.4) is 0 Å². The Kier molecular flexibility index (Phi) is 7.96. The highest BCUT2D eigenvalue weighted by molar-refractivity contribution is 5.93. The maximum atomic E-state index is 13.4. The minimum Gasteiger partial charge on any atom is -0.467 e. The zero-order valence-corrected chi connectivity index (χ0v) is 17.2. The zero-order chi connectivity index (χ0) is 22.2. The summed E-state index contributed by atoms with van der Waals surface area (Å²) < 4.78 is 37.4. The Morgan fingerprint density at radius 3 is 2.77 bits per heavy atom. The summed E-state index contributed by atoms with van der Waals surface area (Å²) in [4.78, 5) is 25.8. The third-order valence-corrected chi connectivity index (χ3v) is 4.78. The molecule has 1 aliphatic rings. The van der Waals surface area contributed by atoms with Crippen molar-refractivity contribution in [3.63, 3.8) is 0 Å². The number of nitrogens with zero attached hydrogens (tertiary/aromatic N) is 1. The van der Waals surface area contributed by atoms with Gasteiger partial charge in [-0.05, 0) is 30.7 Å². The molecule has 1 saturated heterocycles. The number of rotatable bonds is 8. The number of carbonyl (C=O) groups excluding carboxylic acids is 2. The molecule has 1 aliphatic heterocycles. The Labute approximate surface area is 178 Å². The summed E-state index contributed by atoms with van der Waals surface area (Å²) in [6, 6.07) is 5.05. The van der Waals surface area contributed by atoms with Crippen LogP contribution in [0, 0.1) is 11.6 Å². The number of ether oxygens (including phenoxy) is 1. The fourth-order valence-corrected chi connectivity index (χ4v) is 3.24. The molecule has 1 fully saturated rings. The highest BCUT2D eigenvalue weighted by Gasteiger charge is 2.21. The van der Waals surface area contributed by atoms with E-state index in [-0.39, 0.29) is 18.6 Å². The molecule has 1 aromatic carbocycles. The van der Waals surface area contributed by atoms with Crippen LogP contribution in [-0.2, 0) is 17.8 Å². The molecule has 2 aromatic rings. The van der Waals surface area contributed by atoms with E-state index >= 15 is 0 Å². The number of nitrogens with one attached hydrogen (secondary N) is 3. The van der Waals surface area contributed by atoms with Crippen LogP contribution in [0.15, 0.2) is 34.9 Å². The number of halogens is 2. The lowest BCUT2D eigenvalue weighted by Gasteiger charge is -2.33. The third-order valence-electron chi connectivity index (χ3n) is 4.78. The average Bonchev–Trinajstić information content (AvgIpc) is 3.23. The smallest absolute Gasteiger partial charge is 0.315 e. The van der Waals surface area contributed by atoms with Crippen molar-refractivity contribution in [3.05, 3.63) is 59.1 Å². The topological polar surface area (TPSA) is 95.8 Å². The number of amides is 3. The van der Waals surface area contributed by atoms with Gasteiger partial charge in [-0.3, -0.25) is 9.69 Å². The van der Waals surface area contributed by atoms with E-state index in [9.17, 15) is 18.4 Å². The second kappa shape index (κ2) is 10.9.